The average Bonchev–Trinajstić information content (AvgIpc) is 3.06. The summed E-state index contributed by atoms with van der Waals surface area (Å²) in [4.78, 5) is 39.0. The average molecular weight is 583 g/mol. The van der Waals surface area contributed by atoms with Crippen molar-refractivity contribution in [2.45, 2.75) is 37.3 Å². The first-order valence-corrected chi connectivity index (χ1v) is 13.7. The number of rotatable bonds is 10. The molecule has 43 heavy (non-hydrogen) atoms. The van der Waals surface area contributed by atoms with E-state index in [0.717, 1.165) is 5.56 Å². The van der Waals surface area contributed by atoms with Crippen molar-refractivity contribution in [3.05, 3.63) is 144 Å². The number of hydrogen-bond acceptors (Lipinski definition) is 9. The zero-order valence-corrected chi connectivity index (χ0v) is 23.1. The molecule has 5 rings (SSSR count). The van der Waals surface area contributed by atoms with Crippen LogP contribution in [-0.4, -0.2) is 60.3 Å². The zero-order valence-electron chi connectivity index (χ0n) is 23.1. The Morgan fingerprint density at radius 2 is 1.02 bits per heavy atom. The maximum Gasteiger partial charge on any atom is 0.338 e. The number of ether oxygens (including phenoxy) is 5. The predicted molar refractivity (Wildman–Crippen MR) is 154 cm³/mol. The molecular weight excluding hydrogens is 552 g/mol. The molecule has 0 saturated carbocycles. The van der Waals surface area contributed by atoms with Crippen LogP contribution in [0.5, 0.6) is 0 Å². The Labute approximate surface area is 248 Å². The molecule has 0 amide bonds. The third-order valence-electron chi connectivity index (χ3n) is 6.79. The van der Waals surface area contributed by atoms with Gasteiger partial charge in [-0.3, -0.25) is 0 Å². The lowest BCUT2D eigenvalue weighted by Gasteiger charge is -2.43. The number of aliphatic hydroxyl groups excluding tert-OH is 1. The van der Waals surface area contributed by atoms with Crippen LogP contribution < -0.4 is 0 Å². The molecule has 0 aliphatic carbocycles. The molecule has 1 N–H and O–H groups in total. The Morgan fingerprint density at radius 3 is 1.53 bits per heavy atom. The van der Waals surface area contributed by atoms with E-state index in [9.17, 15) is 19.5 Å². The monoisotopic (exact) mass is 582 g/mol. The summed E-state index contributed by atoms with van der Waals surface area (Å²) in [5.74, 6) is -2.07. The molecule has 0 bridgehead atoms. The van der Waals surface area contributed by atoms with Crippen LogP contribution in [0, 0.1) is 0 Å². The maximum absolute atomic E-state index is 13.3. The molecular formula is C34H30O9. The molecule has 9 nitrogen and oxygen atoms in total. The van der Waals surface area contributed by atoms with Gasteiger partial charge in [-0.1, -0.05) is 84.9 Å². The summed E-state index contributed by atoms with van der Waals surface area (Å²) < 4.78 is 29.1. The minimum Gasteiger partial charge on any atom is -0.459 e. The van der Waals surface area contributed by atoms with Crippen LogP contribution in [-0.2, 0) is 30.3 Å². The third-order valence-corrected chi connectivity index (χ3v) is 6.79. The molecule has 1 saturated heterocycles. The number of esters is 3. The fourth-order valence-corrected chi connectivity index (χ4v) is 4.60. The second-order valence-electron chi connectivity index (χ2n) is 9.76. The number of benzene rings is 4. The highest BCUT2D eigenvalue weighted by molar-refractivity contribution is 5.90. The molecule has 220 valence electrons. The van der Waals surface area contributed by atoms with Gasteiger partial charge in [0.25, 0.3) is 0 Å². The molecule has 5 atom stereocenters. The predicted octanol–water partition coefficient (Wildman–Crippen LogP) is 4.60. The second kappa shape index (κ2) is 14.4. The van der Waals surface area contributed by atoms with Crippen molar-refractivity contribution in [1.29, 1.82) is 0 Å². The molecule has 4 aromatic carbocycles. The highest BCUT2D eigenvalue weighted by Crippen LogP contribution is 2.30. The van der Waals surface area contributed by atoms with E-state index in [1.807, 2.05) is 30.3 Å². The molecule has 0 radical (unpaired) electrons. The molecule has 0 unspecified atom stereocenters. The molecule has 1 fully saturated rings. The summed E-state index contributed by atoms with van der Waals surface area (Å²) in [6.45, 7) is -0.352. The highest BCUT2D eigenvalue weighted by atomic mass is 16.7. The van der Waals surface area contributed by atoms with Crippen LogP contribution in [0.3, 0.4) is 0 Å². The van der Waals surface area contributed by atoms with Crippen molar-refractivity contribution in [2.24, 2.45) is 0 Å². The lowest BCUT2D eigenvalue weighted by atomic mass is 9.97. The second-order valence-corrected chi connectivity index (χ2v) is 9.76. The molecule has 1 aliphatic rings. The van der Waals surface area contributed by atoms with Crippen molar-refractivity contribution in [3.8, 4) is 0 Å². The van der Waals surface area contributed by atoms with E-state index in [4.69, 9.17) is 23.7 Å². The van der Waals surface area contributed by atoms with Gasteiger partial charge in [0, 0.05) is 0 Å². The lowest BCUT2D eigenvalue weighted by molar-refractivity contribution is -0.294. The molecule has 0 spiro atoms. The first kappa shape index (κ1) is 29.7. The van der Waals surface area contributed by atoms with Gasteiger partial charge in [-0.15, -0.1) is 0 Å². The maximum atomic E-state index is 13.3. The van der Waals surface area contributed by atoms with Crippen molar-refractivity contribution >= 4 is 17.9 Å². The first-order valence-electron chi connectivity index (χ1n) is 13.7. The van der Waals surface area contributed by atoms with E-state index in [1.165, 1.54) is 0 Å². The lowest BCUT2D eigenvalue weighted by Crippen LogP contribution is -2.62. The van der Waals surface area contributed by atoms with Gasteiger partial charge in [0.05, 0.1) is 23.3 Å². The largest absolute Gasteiger partial charge is 0.459 e. The molecule has 1 aliphatic heterocycles. The SMILES string of the molecule is O=C(OC[C@H]1O[C@H](O)[C@H](OC(=O)c2ccccc2)[C@@H](OCc2ccccc2)[C@H]1OC(=O)c1ccccc1)c1ccccc1. The van der Waals surface area contributed by atoms with E-state index in [2.05, 4.69) is 0 Å². The zero-order chi connectivity index (χ0) is 30.0. The van der Waals surface area contributed by atoms with Crippen LogP contribution in [0.15, 0.2) is 121 Å². The van der Waals surface area contributed by atoms with Crippen LogP contribution in [0.1, 0.15) is 36.6 Å². The number of hydrogen-bond donors (Lipinski definition) is 1. The van der Waals surface area contributed by atoms with Gasteiger partial charge in [-0.05, 0) is 42.0 Å². The molecule has 4 aromatic rings. The quantitative estimate of drug-likeness (QED) is 0.212. The van der Waals surface area contributed by atoms with E-state index in [-0.39, 0.29) is 24.3 Å². The van der Waals surface area contributed by atoms with Gasteiger partial charge in [0.15, 0.2) is 18.5 Å². The van der Waals surface area contributed by atoms with Crippen molar-refractivity contribution < 1.29 is 43.2 Å². The summed E-state index contributed by atoms with van der Waals surface area (Å²) in [6.07, 6.45) is -6.71. The Hall–Kier alpha value is -4.83. The van der Waals surface area contributed by atoms with Crippen molar-refractivity contribution in [1.82, 2.24) is 0 Å². The van der Waals surface area contributed by atoms with Gasteiger partial charge in [-0.2, -0.15) is 0 Å². The fraction of sp³-hybridized carbons (Fsp3) is 0.206. The highest BCUT2D eigenvalue weighted by Gasteiger charge is 2.51. The van der Waals surface area contributed by atoms with E-state index in [1.54, 1.807) is 91.0 Å². The van der Waals surface area contributed by atoms with Gasteiger partial charge in [0.1, 0.15) is 18.8 Å². The van der Waals surface area contributed by atoms with Crippen LogP contribution >= 0.6 is 0 Å². The van der Waals surface area contributed by atoms with Crippen molar-refractivity contribution in [3.63, 3.8) is 0 Å². The van der Waals surface area contributed by atoms with E-state index in [0.29, 0.717) is 5.56 Å². The Kier molecular flexibility index (Phi) is 9.91. The Morgan fingerprint density at radius 1 is 0.581 bits per heavy atom. The summed E-state index contributed by atoms with van der Waals surface area (Å²) in [5, 5.41) is 11.1. The number of carbonyl (C=O) groups excluding carboxylic acids is 3. The Balaban J connectivity index is 1.44. The smallest absolute Gasteiger partial charge is 0.338 e. The molecule has 1 heterocycles. The number of carbonyl (C=O) groups is 3. The first-order chi connectivity index (χ1) is 21.0. The van der Waals surface area contributed by atoms with Crippen LogP contribution in [0.25, 0.3) is 0 Å². The normalized spacial score (nSPS) is 21.4. The van der Waals surface area contributed by atoms with Gasteiger partial charge < -0.3 is 28.8 Å². The minimum absolute atomic E-state index is 0.0352. The van der Waals surface area contributed by atoms with Crippen LogP contribution in [0.2, 0.25) is 0 Å². The van der Waals surface area contributed by atoms with Gasteiger partial charge >= 0.3 is 17.9 Å². The number of aliphatic hydroxyl groups is 1. The van der Waals surface area contributed by atoms with Gasteiger partial charge in [0.2, 0.25) is 0 Å². The summed E-state index contributed by atoms with van der Waals surface area (Å²) >= 11 is 0. The Bertz CT molecular complexity index is 1480. The van der Waals surface area contributed by atoms with Crippen molar-refractivity contribution in [2.75, 3.05) is 6.61 Å². The minimum atomic E-state index is -1.69. The molecule has 9 heteroatoms. The van der Waals surface area contributed by atoms with Gasteiger partial charge in [-0.25, -0.2) is 14.4 Å². The summed E-state index contributed by atoms with van der Waals surface area (Å²) in [5.41, 5.74) is 1.60. The van der Waals surface area contributed by atoms with E-state index < -0.39 is 48.6 Å². The standard InChI is InChI=1S/C34H30O9/c35-31(24-15-7-2-8-16-24)40-22-27-28(42-32(36)25-17-9-3-10-18-25)29(39-21-23-13-5-1-6-14-23)30(34(38)41-27)43-33(37)26-19-11-4-12-20-26/h1-20,27-30,34,38H,21-22H2/t27-,28+,29+,30-,34+/m1/s1. The van der Waals surface area contributed by atoms with E-state index >= 15 is 0 Å². The topological polar surface area (TPSA) is 118 Å². The van der Waals surface area contributed by atoms with Crippen LogP contribution in [0.4, 0.5) is 0 Å². The third kappa shape index (κ3) is 7.72. The fourth-order valence-electron chi connectivity index (χ4n) is 4.60. The summed E-state index contributed by atoms with van der Waals surface area (Å²) in [6, 6.07) is 34.1. The summed E-state index contributed by atoms with van der Waals surface area (Å²) in [7, 11) is 0. The molecule has 0 aromatic heterocycles.